The normalized spacial score (nSPS) is 13.7. The first-order valence-corrected chi connectivity index (χ1v) is 22.1. The van der Waals surface area contributed by atoms with Crippen LogP contribution in [0.1, 0.15) is 91.9 Å². The quantitative estimate of drug-likeness (QED) is 0.00931. The van der Waals surface area contributed by atoms with Crippen LogP contribution in [0.15, 0.2) is 18.5 Å². The number of nitrogen functional groups attached to an aromatic ring is 1. The van der Waals surface area contributed by atoms with Crippen LogP contribution in [-0.4, -0.2) is 151 Å². The highest BCUT2D eigenvalue weighted by molar-refractivity contribution is 5.76. The van der Waals surface area contributed by atoms with E-state index in [9.17, 15) is 19.2 Å². The molecule has 0 spiro atoms. The molecule has 398 valence electrons. The molecule has 1 aromatic rings. The van der Waals surface area contributed by atoms with Gasteiger partial charge in [0.05, 0.1) is 65.2 Å². The van der Waals surface area contributed by atoms with Crippen molar-refractivity contribution < 1.29 is 68.9 Å². The Morgan fingerprint density at radius 3 is 1.01 bits per heavy atom. The van der Waals surface area contributed by atoms with Gasteiger partial charge in [-0.1, -0.05) is 12.8 Å². The predicted molar refractivity (Wildman–Crippen MR) is 252 cm³/mol. The van der Waals surface area contributed by atoms with Gasteiger partial charge in [0.2, 0.25) is 5.96 Å². The van der Waals surface area contributed by atoms with Crippen LogP contribution in [-0.2, 0) is 38.1 Å². The van der Waals surface area contributed by atoms with Crippen LogP contribution in [0, 0.1) is 29.1 Å². The number of methoxy groups -OCH3 is 4. The first-order chi connectivity index (χ1) is 32.2. The smallest absolute Gasteiger partial charge is 0.338 e. The molecule has 8 unspecified atom stereocenters. The lowest BCUT2D eigenvalue weighted by molar-refractivity contribution is -0.460. The summed E-state index contributed by atoms with van der Waals surface area (Å²) in [5, 5.41) is 45.5. The van der Waals surface area contributed by atoms with Gasteiger partial charge in [0.1, 0.15) is 0 Å². The van der Waals surface area contributed by atoms with Gasteiger partial charge in [-0.05, 0) is 98.2 Å². The van der Waals surface area contributed by atoms with Gasteiger partial charge in [-0.25, -0.2) is 26.6 Å². The molecule has 0 saturated heterocycles. The van der Waals surface area contributed by atoms with Crippen LogP contribution in [0.3, 0.4) is 0 Å². The number of aromatic nitrogens is 2. The lowest BCUT2D eigenvalue weighted by Gasteiger charge is -2.19. The maximum absolute atomic E-state index is 11.4. The van der Waals surface area contributed by atoms with E-state index in [1.807, 2.05) is 0 Å². The van der Waals surface area contributed by atoms with E-state index in [1.165, 1.54) is 33.1 Å². The number of unbranched alkanes of at least 4 members (excludes halogenated alkanes) is 2. The molecule has 1 heterocycles. The van der Waals surface area contributed by atoms with Crippen LogP contribution in [0.5, 0.6) is 0 Å². The minimum Gasteiger partial charge on any atom is -0.469 e. The highest BCUT2D eigenvalue weighted by atomic mass is 16.5. The fourth-order valence-corrected chi connectivity index (χ4v) is 5.79. The number of rotatable bonds is 28. The van der Waals surface area contributed by atoms with Crippen LogP contribution in [0.2, 0.25) is 0 Å². The van der Waals surface area contributed by atoms with Crippen molar-refractivity contribution in [2.24, 2.45) is 63.8 Å². The standard InChI is InChI=1S/2C9H20N4O3.2C9H20N2O3.C4H6N4/c2*1-6(13-15)7(8(14)16-2)4-3-5-12-9(10)11;2*1-7(11-13)8(9(12)14-2)5-3-4-6-10;5-4(6)8-3-1-2-7-8/h2*6-7,13,15H,3-5H2,1-2H3,(H4,10,11,12);2*7-8,11,13H,3-6,10H2,1-2H3;1-3H,(H3,5,6)/p+2. The molecule has 0 amide bonds. The van der Waals surface area contributed by atoms with Gasteiger partial charge < -0.3 is 57.0 Å². The summed E-state index contributed by atoms with van der Waals surface area (Å²) in [7, 11) is 5.34. The number of carbonyl (C=O) groups excluding carboxylic acids is 4. The monoisotopic (exact) mass is 985 g/mol. The summed E-state index contributed by atoms with van der Waals surface area (Å²) >= 11 is 0. The maximum Gasteiger partial charge on any atom is 0.338 e. The van der Waals surface area contributed by atoms with Gasteiger partial charge in [0.15, 0.2) is 0 Å². The van der Waals surface area contributed by atoms with Crippen molar-refractivity contribution in [3.05, 3.63) is 18.5 Å². The minimum atomic E-state index is -0.393. The lowest BCUT2D eigenvalue weighted by atomic mass is 9.95. The Hall–Kier alpha value is -5.30. The number of esters is 4. The van der Waals surface area contributed by atoms with Crippen molar-refractivity contribution in [3.63, 3.8) is 0 Å². The molecule has 68 heavy (non-hydrogen) atoms. The molecule has 28 heteroatoms. The Morgan fingerprint density at radius 1 is 0.559 bits per heavy atom. The van der Waals surface area contributed by atoms with Gasteiger partial charge in [0, 0.05) is 36.6 Å². The molecule has 1 aromatic heterocycles. The summed E-state index contributed by atoms with van der Waals surface area (Å²) in [5.74, 6) is -2.44. The number of hydrogen-bond donors (Lipinski definition) is 18. The molecule has 0 aliphatic carbocycles. The topological polar surface area (TPSA) is 486 Å². The van der Waals surface area contributed by atoms with Gasteiger partial charge in [-0.2, -0.15) is 5.10 Å². The molecule has 0 fully saturated rings. The van der Waals surface area contributed by atoms with Gasteiger partial charge >= 0.3 is 35.8 Å². The second kappa shape index (κ2) is 45.5. The number of nitrogens with one attached hydrogen (secondary N) is 7. The third kappa shape index (κ3) is 35.8. The number of ether oxygens (including phenoxy) is 4. The summed E-state index contributed by atoms with van der Waals surface area (Å²) in [6, 6.07) is 0.417. The highest BCUT2D eigenvalue weighted by Gasteiger charge is 2.27. The Balaban J connectivity index is -0.000000381. The molecular weight excluding hydrogens is 897 g/mol. The number of hydroxylamine groups is 4. The molecule has 28 nitrogen and oxygen atoms in total. The molecule has 1 rings (SSSR count). The van der Waals surface area contributed by atoms with Crippen molar-refractivity contribution >= 4 is 41.8 Å². The van der Waals surface area contributed by atoms with Gasteiger partial charge in [-0.15, -0.1) is 0 Å². The number of hydrogen-bond acceptors (Lipinski definition) is 20. The Bertz CT molecular complexity index is 1400. The van der Waals surface area contributed by atoms with E-state index in [4.69, 9.17) is 66.4 Å². The zero-order valence-corrected chi connectivity index (χ0v) is 41.2. The van der Waals surface area contributed by atoms with E-state index in [0.29, 0.717) is 64.7 Å². The number of nitrogens with zero attached hydrogens (tertiary/aromatic N) is 2. The Kier molecular flexibility index (Phi) is 46.3. The molecule has 0 radical (unpaired) electrons. The van der Waals surface area contributed by atoms with Crippen LogP contribution in [0.4, 0.5) is 0 Å². The predicted octanol–water partition coefficient (Wildman–Crippen LogP) is -5.28. The van der Waals surface area contributed by atoms with Crippen molar-refractivity contribution in [1.82, 2.24) is 31.7 Å². The third-order valence-corrected chi connectivity index (χ3v) is 9.98. The van der Waals surface area contributed by atoms with E-state index < -0.39 is 11.8 Å². The van der Waals surface area contributed by atoms with Crippen molar-refractivity contribution in [1.29, 1.82) is 5.41 Å². The highest BCUT2D eigenvalue weighted by Crippen LogP contribution is 2.16. The van der Waals surface area contributed by atoms with Crippen LogP contribution < -0.4 is 72.0 Å². The fourth-order valence-electron chi connectivity index (χ4n) is 5.79. The van der Waals surface area contributed by atoms with Crippen molar-refractivity contribution in [2.45, 2.75) is 116 Å². The second-order valence-corrected chi connectivity index (χ2v) is 15.1. The SMILES string of the molecule is COC(=O)C(CCCCN)C(C)NO.COC(=O)C(CCCCN)C(C)NO.COC(=O)C(CCC[NH+]=C(N)N)C(C)NO.COC(=O)C(CCC[NH+]=C(N)N)C(C)NO.N=C(N)n1cccn1. The van der Waals surface area contributed by atoms with E-state index in [2.05, 4.69) is 56.0 Å². The number of carbonyl (C=O) groups is 4. The molecule has 8 atom stereocenters. The molecular formula is C40H88N16O12+2. The van der Waals surface area contributed by atoms with Crippen molar-refractivity contribution in [2.75, 3.05) is 54.6 Å². The third-order valence-electron chi connectivity index (χ3n) is 9.98. The van der Waals surface area contributed by atoms with Gasteiger partial charge in [-0.3, -0.25) is 57.5 Å². The summed E-state index contributed by atoms with van der Waals surface area (Å²) in [6.07, 6.45) is 10.6. The van der Waals surface area contributed by atoms with Crippen LogP contribution in [0.25, 0.3) is 0 Å². The van der Waals surface area contributed by atoms with E-state index >= 15 is 0 Å². The zero-order valence-electron chi connectivity index (χ0n) is 41.2. The Labute approximate surface area is 400 Å². The minimum absolute atomic E-state index is 0.0602. The Morgan fingerprint density at radius 2 is 0.838 bits per heavy atom. The average molecular weight is 985 g/mol. The molecule has 0 aliphatic rings. The summed E-state index contributed by atoms with van der Waals surface area (Å²) < 4.78 is 19.9. The number of nitrogens with two attached hydrogens (primary N) is 7. The maximum atomic E-state index is 11.4. The van der Waals surface area contributed by atoms with Crippen LogP contribution >= 0.6 is 0 Å². The van der Waals surface area contributed by atoms with E-state index in [0.717, 1.165) is 25.7 Å². The second-order valence-electron chi connectivity index (χ2n) is 15.1. The first kappa shape index (κ1) is 69.3. The lowest BCUT2D eigenvalue weighted by Crippen LogP contribution is -2.78. The zero-order chi connectivity index (χ0) is 53.0. The fraction of sp³-hybridized carbons (Fsp3) is 0.750. The average Bonchev–Trinajstić information content (AvgIpc) is 3.89. The first-order valence-electron chi connectivity index (χ1n) is 22.1. The summed E-state index contributed by atoms with van der Waals surface area (Å²) in [5.41, 5.74) is 44.9. The molecule has 25 N–H and O–H groups in total. The summed E-state index contributed by atoms with van der Waals surface area (Å²) in [4.78, 5) is 50.9. The molecule has 0 aromatic carbocycles. The molecule has 0 aliphatic heterocycles. The number of guanidine groups is 2. The van der Waals surface area contributed by atoms with Crippen molar-refractivity contribution in [3.8, 4) is 0 Å². The van der Waals surface area contributed by atoms with E-state index in [-0.39, 0.29) is 77.8 Å². The largest absolute Gasteiger partial charge is 0.469 e. The summed E-state index contributed by atoms with van der Waals surface area (Å²) in [6.45, 7) is 9.29. The molecule has 0 saturated carbocycles. The van der Waals surface area contributed by atoms with Gasteiger partial charge in [0.25, 0.3) is 0 Å². The molecule has 0 bridgehead atoms. The van der Waals surface area contributed by atoms with E-state index in [1.54, 1.807) is 46.2 Å².